The molecular formula is C16H27N3O2. The number of rotatable bonds is 7. The fourth-order valence-electron chi connectivity index (χ4n) is 1.88. The van der Waals surface area contributed by atoms with Crippen LogP contribution < -0.4 is 15.4 Å². The van der Waals surface area contributed by atoms with Crippen molar-refractivity contribution in [1.82, 2.24) is 4.98 Å². The molecule has 0 aromatic carbocycles. The molecule has 0 bridgehead atoms. The Bertz CT molecular complexity index is 467. The normalized spacial score (nSPS) is 15.0. The Balaban J connectivity index is 1.89. The Kier molecular flexibility index (Phi) is 4.93. The third-order valence-electron chi connectivity index (χ3n) is 3.29. The smallest absolute Gasteiger partial charge is 0.239 e. The second kappa shape index (κ2) is 6.52. The highest BCUT2D eigenvalue weighted by Crippen LogP contribution is 2.29. The van der Waals surface area contributed by atoms with Crippen molar-refractivity contribution in [3.05, 3.63) is 12.1 Å². The van der Waals surface area contributed by atoms with Gasteiger partial charge in [0.05, 0.1) is 12.3 Å². The lowest BCUT2D eigenvalue weighted by Crippen LogP contribution is -2.26. The quantitative estimate of drug-likeness (QED) is 0.783. The fourth-order valence-corrected chi connectivity index (χ4v) is 1.88. The van der Waals surface area contributed by atoms with E-state index in [-0.39, 0.29) is 5.60 Å². The van der Waals surface area contributed by atoms with Crippen molar-refractivity contribution in [3.63, 3.8) is 0 Å². The van der Waals surface area contributed by atoms with E-state index in [2.05, 4.69) is 9.88 Å². The van der Waals surface area contributed by atoms with Gasteiger partial charge in [-0.15, -0.1) is 0 Å². The first-order valence-electron chi connectivity index (χ1n) is 7.59. The van der Waals surface area contributed by atoms with Crippen LogP contribution in [0.15, 0.2) is 12.1 Å². The number of anilines is 2. The summed E-state index contributed by atoms with van der Waals surface area (Å²) in [5, 5.41) is 0. The number of hydrogen-bond donors (Lipinski definition) is 1. The maximum Gasteiger partial charge on any atom is 0.239 e. The van der Waals surface area contributed by atoms with Gasteiger partial charge in [0.1, 0.15) is 11.4 Å². The van der Waals surface area contributed by atoms with Crippen LogP contribution in [0.25, 0.3) is 0 Å². The van der Waals surface area contributed by atoms with Crippen LogP contribution >= 0.6 is 0 Å². The number of nitrogens with zero attached hydrogens (tertiary/aromatic N) is 2. The molecule has 1 heterocycles. The van der Waals surface area contributed by atoms with Gasteiger partial charge in [-0.05, 0) is 51.7 Å². The Morgan fingerprint density at radius 1 is 1.33 bits per heavy atom. The molecule has 5 heteroatoms. The molecule has 0 unspecified atom stereocenters. The first-order chi connectivity index (χ1) is 9.85. The summed E-state index contributed by atoms with van der Waals surface area (Å²) in [7, 11) is 2.00. The minimum Gasteiger partial charge on any atom is -0.470 e. The highest BCUT2D eigenvalue weighted by molar-refractivity contribution is 5.54. The highest BCUT2D eigenvalue weighted by Gasteiger charge is 2.21. The van der Waals surface area contributed by atoms with Crippen molar-refractivity contribution < 1.29 is 9.47 Å². The standard InChI is InChI=1S/C16H27N3O2/c1-16(2,3)21-15-13(17)7-8-14(18-15)19(4)9-10-20-11-12-5-6-12/h7-8,12H,5-6,9-11,17H2,1-4H3. The lowest BCUT2D eigenvalue weighted by molar-refractivity contribution is 0.124. The van der Waals surface area contributed by atoms with Crippen LogP contribution in [0.3, 0.4) is 0 Å². The molecule has 1 aliphatic carbocycles. The van der Waals surface area contributed by atoms with Gasteiger partial charge in [-0.25, -0.2) is 0 Å². The van der Waals surface area contributed by atoms with E-state index in [1.165, 1.54) is 12.8 Å². The molecule has 2 rings (SSSR count). The number of nitrogens with two attached hydrogens (primary N) is 1. The third-order valence-corrected chi connectivity index (χ3v) is 3.29. The largest absolute Gasteiger partial charge is 0.470 e. The zero-order valence-corrected chi connectivity index (χ0v) is 13.6. The van der Waals surface area contributed by atoms with E-state index in [0.29, 0.717) is 18.2 Å². The molecule has 1 saturated carbocycles. The Labute approximate surface area is 127 Å². The molecular weight excluding hydrogens is 266 g/mol. The summed E-state index contributed by atoms with van der Waals surface area (Å²) >= 11 is 0. The molecule has 5 nitrogen and oxygen atoms in total. The second-order valence-corrected chi connectivity index (χ2v) is 6.72. The SMILES string of the molecule is CN(CCOCC1CC1)c1ccc(N)c(OC(C)(C)C)n1. The van der Waals surface area contributed by atoms with E-state index in [9.17, 15) is 0 Å². The van der Waals surface area contributed by atoms with E-state index in [4.69, 9.17) is 15.2 Å². The molecule has 1 fully saturated rings. The van der Waals surface area contributed by atoms with Gasteiger partial charge in [0.15, 0.2) is 0 Å². The van der Waals surface area contributed by atoms with Crippen molar-refractivity contribution in [2.45, 2.75) is 39.2 Å². The van der Waals surface area contributed by atoms with Crippen molar-refractivity contribution in [2.24, 2.45) is 5.92 Å². The van der Waals surface area contributed by atoms with E-state index in [1.54, 1.807) is 0 Å². The van der Waals surface area contributed by atoms with Gasteiger partial charge in [0, 0.05) is 20.2 Å². The molecule has 0 radical (unpaired) electrons. The Morgan fingerprint density at radius 2 is 2.05 bits per heavy atom. The molecule has 1 aromatic rings. The van der Waals surface area contributed by atoms with Crippen LogP contribution in [0.1, 0.15) is 33.6 Å². The molecule has 0 saturated heterocycles. The van der Waals surface area contributed by atoms with Crippen molar-refractivity contribution >= 4 is 11.5 Å². The first kappa shape index (κ1) is 15.9. The minimum absolute atomic E-state index is 0.314. The summed E-state index contributed by atoms with van der Waals surface area (Å²) in [5.74, 6) is 2.14. The maximum atomic E-state index is 5.93. The minimum atomic E-state index is -0.314. The predicted molar refractivity (Wildman–Crippen MR) is 85.8 cm³/mol. The molecule has 118 valence electrons. The number of ether oxygens (including phenoxy) is 2. The number of likely N-dealkylation sites (N-methyl/N-ethyl adjacent to an activating group) is 1. The molecule has 2 N–H and O–H groups in total. The summed E-state index contributed by atoms with van der Waals surface area (Å²) < 4.78 is 11.5. The number of hydrogen-bond acceptors (Lipinski definition) is 5. The second-order valence-electron chi connectivity index (χ2n) is 6.72. The van der Waals surface area contributed by atoms with Gasteiger partial charge in [-0.3, -0.25) is 0 Å². The van der Waals surface area contributed by atoms with Gasteiger partial charge in [0.2, 0.25) is 5.88 Å². The van der Waals surface area contributed by atoms with Gasteiger partial charge in [0.25, 0.3) is 0 Å². The van der Waals surface area contributed by atoms with Crippen LogP contribution in [0.2, 0.25) is 0 Å². The zero-order valence-electron chi connectivity index (χ0n) is 13.6. The Hall–Kier alpha value is -1.49. The predicted octanol–water partition coefficient (Wildman–Crippen LogP) is 2.70. The topological polar surface area (TPSA) is 60.6 Å². The van der Waals surface area contributed by atoms with Crippen molar-refractivity contribution in [1.29, 1.82) is 0 Å². The summed E-state index contributed by atoms with van der Waals surface area (Å²) in [5.41, 5.74) is 6.18. The van der Waals surface area contributed by atoms with E-state index in [0.717, 1.165) is 24.9 Å². The molecule has 0 spiro atoms. The lowest BCUT2D eigenvalue weighted by Gasteiger charge is -2.24. The number of pyridine rings is 1. The molecule has 0 atom stereocenters. The molecule has 21 heavy (non-hydrogen) atoms. The van der Waals surface area contributed by atoms with Gasteiger partial charge >= 0.3 is 0 Å². The van der Waals surface area contributed by atoms with Crippen molar-refractivity contribution in [2.75, 3.05) is 37.4 Å². The van der Waals surface area contributed by atoms with Gasteiger partial charge in [-0.2, -0.15) is 4.98 Å². The van der Waals surface area contributed by atoms with Crippen LogP contribution in [0.4, 0.5) is 11.5 Å². The summed E-state index contributed by atoms with van der Waals surface area (Å²) in [6.07, 6.45) is 2.64. The average Bonchev–Trinajstić information content (AvgIpc) is 3.19. The van der Waals surface area contributed by atoms with Gasteiger partial charge in [-0.1, -0.05) is 0 Å². The van der Waals surface area contributed by atoms with Crippen LogP contribution in [-0.2, 0) is 4.74 Å². The summed E-state index contributed by atoms with van der Waals surface area (Å²) in [6, 6.07) is 3.75. The van der Waals surface area contributed by atoms with Crippen LogP contribution in [0.5, 0.6) is 5.88 Å². The van der Waals surface area contributed by atoms with Crippen molar-refractivity contribution in [3.8, 4) is 5.88 Å². The molecule has 0 aliphatic heterocycles. The molecule has 0 amide bonds. The summed E-state index contributed by atoms with van der Waals surface area (Å²) in [4.78, 5) is 6.56. The maximum absolute atomic E-state index is 5.93. The lowest BCUT2D eigenvalue weighted by atomic mass is 10.2. The summed E-state index contributed by atoms with van der Waals surface area (Å²) in [6.45, 7) is 8.36. The highest BCUT2D eigenvalue weighted by atomic mass is 16.5. The van der Waals surface area contributed by atoms with Gasteiger partial charge < -0.3 is 20.1 Å². The van der Waals surface area contributed by atoms with E-state index < -0.39 is 0 Å². The molecule has 1 aliphatic rings. The zero-order chi connectivity index (χ0) is 15.5. The monoisotopic (exact) mass is 293 g/mol. The average molecular weight is 293 g/mol. The third kappa shape index (κ3) is 5.42. The van der Waals surface area contributed by atoms with Crippen LogP contribution in [0, 0.1) is 5.92 Å². The van der Waals surface area contributed by atoms with Crippen LogP contribution in [-0.4, -0.2) is 37.4 Å². The van der Waals surface area contributed by atoms with E-state index in [1.807, 2.05) is 40.0 Å². The van der Waals surface area contributed by atoms with E-state index >= 15 is 0 Å². The number of aromatic nitrogens is 1. The number of nitrogen functional groups attached to an aromatic ring is 1. The first-order valence-corrected chi connectivity index (χ1v) is 7.59. The fraction of sp³-hybridized carbons (Fsp3) is 0.688. The Morgan fingerprint density at radius 3 is 2.67 bits per heavy atom. The molecule has 1 aromatic heterocycles.